The Morgan fingerprint density at radius 2 is 2.21 bits per heavy atom. The van der Waals surface area contributed by atoms with Gasteiger partial charge in [-0.1, -0.05) is 18.5 Å². The molecule has 0 atom stereocenters. The number of aromatic nitrogens is 2. The number of anilines is 1. The highest BCUT2D eigenvalue weighted by Crippen LogP contribution is 2.20. The average Bonchev–Trinajstić information content (AvgIpc) is 2.34. The van der Waals surface area contributed by atoms with Gasteiger partial charge in [0.2, 0.25) is 5.91 Å². The Morgan fingerprint density at radius 1 is 1.47 bits per heavy atom. The van der Waals surface area contributed by atoms with Gasteiger partial charge in [0, 0.05) is 18.5 Å². The minimum absolute atomic E-state index is 0.0771. The summed E-state index contributed by atoms with van der Waals surface area (Å²) in [5.74, 6) is 0.941. The molecule has 19 heavy (non-hydrogen) atoms. The first-order chi connectivity index (χ1) is 9.04. The largest absolute Gasteiger partial charge is 0.370 e. The van der Waals surface area contributed by atoms with E-state index < -0.39 is 5.91 Å². The molecule has 1 aromatic heterocycles. The van der Waals surface area contributed by atoms with Gasteiger partial charge in [0.1, 0.15) is 23.4 Å². The van der Waals surface area contributed by atoms with Gasteiger partial charge in [0.15, 0.2) is 0 Å². The van der Waals surface area contributed by atoms with E-state index in [4.69, 9.17) is 22.1 Å². The summed E-state index contributed by atoms with van der Waals surface area (Å²) in [5.41, 5.74) is 5.76. The van der Waals surface area contributed by atoms with Gasteiger partial charge in [-0.3, -0.25) is 4.79 Å². The molecule has 0 saturated carbocycles. The third kappa shape index (κ3) is 5.40. The van der Waals surface area contributed by atoms with Crippen LogP contribution in [0.25, 0.3) is 0 Å². The summed E-state index contributed by atoms with van der Waals surface area (Å²) in [5, 5.41) is 3.57. The summed E-state index contributed by atoms with van der Waals surface area (Å²) in [6, 6.07) is 0. The Labute approximate surface area is 117 Å². The molecule has 0 aliphatic rings. The van der Waals surface area contributed by atoms with Gasteiger partial charge in [-0.15, -0.1) is 0 Å². The van der Waals surface area contributed by atoms with E-state index in [1.54, 1.807) is 0 Å². The molecule has 0 aromatic carbocycles. The van der Waals surface area contributed by atoms with Crippen LogP contribution in [0, 0.1) is 6.92 Å². The van der Waals surface area contributed by atoms with Gasteiger partial charge in [-0.05, 0) is 13.3 Å². The van der Waals surface area contributed by atoms with Crippen LogP contribution in [0.2, 0.25) is 5.15 Å². The molecule has 0 bridgehead atoms. The zero-order valence-corrected chi connectivity index (χ0v) is 12.0. The maximum absolute atomic E-state index is 10.5. The number of nitrogens with two attached hydrogens (primary N) is 1. The van der Waals surface area contributed by atoms with Crippen LogP contribution >= 0.6 is 11.6 Å². The number of aryl methyl sites for hydroxylation is 1. The summed E-state index contributed by atoms with van der Waals surface area (Å²) in [4.78, 5) is 19.1. The third-order valence-electron chi connectivity index (χ3n) is 2.39. The van der Waals surface area contributed by atoms with E-state index in [0.717, 1.165) is 24.2 Å². The van der Waals surface area contributed by atoms with Crippen LogP contribution in [0.15, 0.2) is 0 Å². The number of halogens is 1. The molecule has 0 radical (unpaired) electrons. The zero-order chi connectivity index (χ0) is 14.3. The van der Waals surface area contributed by atoms with Gasteiger partial charge < -0.3 is 15.8 Å². The molecule has 7 heteroatoms. The molecular formula is C12H19ClN4O2. The topological polar surface area (TPSA) is 90.1 Å². The number of hydrogen-bond donors (Lipinski definition) is 2. The normalized spacial score (nSPS) is 10.5. The van der Waals surface area contributed by atoms with E-state index in [-0.39, 0.29) is 6.61 Å². The first-order valence-electron chi connectivity index (χ1n) is 6.17. The molecule has 0 aliphatic heterocycles. The van der Waals surface area contributed by atoms with E-state index in [2.05, 4.69) is 22.2 Å². The van der Waals surface area contributed by atoms with Crippen molar-refractivity contribution in [1.29, 1.82) is 0 Å². The quantitative estimate of drug-likeness (QED) is 0.555. The fourth-order valence-electron chi connectivity index (χ4n) is 1.45. The highest BCUT2D eigenvalue weighted by molar-refractivity contribution is 6.30. The molecular weight excluding hydrogens is 268 g/mol. The maximum atomic E-state index is 10.5. The van der Waals surface area contributed by atoms with Crippen molar-refractivity contribution in [3.63, 3.8) is 0 Å². The first-order valence-corrected chi connectivity index (χ1v) is 6.55. The monoisotopic (exact) mass is 286 g/mol. The summed E-state index contributed by atoms with van der Waals surface area (Å²) >= 11 is 6.05. The van der Waals surface area contributed by atoms with Crippen LogP contribution in [0.3, 0.4) is 0 Å². The SMILES string of the molecule is CCCc1nc(Cl)c(C)c(NCCOCC(N)=O)n1. The standard InChI is InChI=1S/C12H19ClN4O2/c1-3-4-10-16-11(13)8(2)12(17-10)15-5-6-19-7-9(14)18/h3-7H2,1-2H3,(H2,14,18)(H,15,16,17). The van der Waals surface area contributed by atoms with Crippen LogP contribution in [0.4, 0.5) is 5.82 Å². The number of carbonyl (C=O) groups excluding carboxylic acids is 1. The van der Waals surface area contributed by atoms with E-state index in [1.807, 2.05) is 6.92 Å². The van der Waals surface area contributed by atoms with Crippen LogP contribution in [0.1, 0.15) is 24.7 Å². The Morgan fingerprint density at radius 3 is 2.84 bits per heavy atom. The molecule has 0 unspecified atom stereocenters. The minimum Gasteiger partial charge on any atom is -0.370 e. The highest BCUT2D eigenvalue weighted by Gasteiger charge is 2.08. The van der Waals surface area contributed by atoms with E-state index in [9.17, 15) is 4.79 Å². The van der Waals surface area contributed by atoms with Crippen LogP contribution in [-0.4, -0.2) is 35.6 Å². The molecule has 6 nitrogen and oxygen atoms in total. The van der Waals surface area contributed by atoms with Gasteiger partial charge in [0.25, 0.3) is 0 Å². The number of hydrogen-bond acceptors (Lipinski definition) is 5. The number of primary amides is 1. The lowest BCUT2D eigenvalue weighted by atomic mass is 10.3. The molecule has 1 aromatic rings. The molecule has 1 heterocycles. The van der Waals surface area contributed by atoms with Crippen LogP contribution < -0.4 is 11.1 Å². The maximum Gasteiger partial charge on any atom is 0.243 e. The summed E-state index contributed by atoms with van der Waals surface area (Å²) in [7, 11) is 0. The fraction of sp³-hybridized carbons (Fsp3) is 0.583. The summed E-state index contributed by atoms with van der Waals surface area (Å²) in [6.07, 6.45) is 1.74. The Hall–Kier alpha value is -1.40. The molecule has 0 saturated heterocycles. The van der Waals surface area contributed by atoms with Gasteiger partial charge in [0.05, 0.1) is 6.61 Å². The van der Waals surface area contributed by atoms with Crippen molar-refractivity contribution in [1.82, 2.24) is 9.97 Å². The van der Waals surface area contributed by atoms with Crippen molar-refractivity contribution in [2.45, 2.75) is 26.7 Å². The van der Waals surface area contributed by atoms with Crippen molar-refractivity contribution >= 4 is 23.3 Å². The summed E-state index contributed by atoms with van der Waals surface area (Å²) in [6.45, 7) is 4.72. The number of nitrogens with one attached hydrogen (secondary N) is 1. The second-order valence-corrected chi connectivity index (χ2v) is 4.46. The van der Waals surface area contributed by atoms with Gasteiger partial charge >= 0.3 is 0 Å². The van der Waals surface area contributed by atoms with Crippen molar-refractivity contribution in [3.8, 4) is 0 Å². The third-order valence-corrected chi connectivity index (χ3v) is 2.76. The van der Waals surface area contributed by atoms with E-state index in [1.165, 1.54) is 0 Å². The first kappa shape index (κ1) is 15.7. The average molecular weight is 287 g/mol. The number of nitrogens with zero attached hydrogens (tertiary/aromatic N) is 2. The lowest BCUT2D eigenvalue weighted by Gasteiger charge is -2.11. The smallest absolute Gasteiger partial charge is 0.243 e. The van der Waals surface area contributed by atoms with Gasteiger partial charge in [-0.25, -0.2) is 9.97 Å². The van der Waals surface area contributed by atoms with E-state index >= 15 is 0 Å². The molecule has 0 fully saturated rings. The molecule has 0 spiro atoms. The molecule has 106 valence electrons. The molecule has 1 rings (SSSR count). The molecule has 0 aliphatic carbocycles. The lowest BCUT2D eigenvalue weighted by Crippen LogP contribution is -2.21. The lowest BCUT2D eigenvalue weighted by molar-refractivity contribution is -0.122. The highest BCUT2D eigenvalue weighted by atomic mass is 35.5. The predicted octanol–water partition coefficient (Wildman–Crippen LogP) is 1.30. The van der Waals surface area contributed by atoms with E-state index in [0.29, 0.717) is 24.1 Å². The van der Waals surface area contributed by atoms with Gasteiger partial charge in [-0.2, -0.15) is 0 Å². The summed E-state index contributed by atoms with van der Waals surface area (Å²) < 4.78 is 5.05. The zero-order valence-electron chi connectivity index (χ0n) is 11.2. The van der Waals surface area contributed by atoms with Crippen molar-refractivity contribution in [2.75, 3.05) is 25.1 Å². The Bertz CT molecular complexity index is 440. The minimum atomic E-state index is -0.480. The second-order valence-electron chi connectivity index (χ2n) is 4.10. The number of amides is 1. The Balaban J connectivity index is 2.54. The predicted molar refractivity (Wildman–Crippen MR) is 74.3 cm³/mol. The van der Waals surface area contributed by atoms with Crippen LogP contribution in [-0.2, 0) is 16.0 Å². The molecule has 1 amide bonds. The fourth-order valence-corrected chi connectivity index (χ4v) is 1.64. The molecule has 3 N–H and O–H groups in total. The number of rotatable bonds is 8. The van der Waals surface area contributed by atoms with Crippen molar-refractivity contribution < 1.29 is 9.53 Å². The number of carbonyl (C=O) groups is 1. The second kappa shape index (κ2) is 7.91. The van der Waals surface area contributed by atoms with Crippen LogP contribution in [0.5, 0.6) is 0 Å². The van der Waals surface area contributed by atoms with Crippen molar-refractivity contribution in [3.05, 3.63) is 16.5 Å². The Kier molecular flexibility index (Phi) is 6.52. The number of ether oxygens (including phenoxy) is 1. The van der Waals surface area contributed by atoms with Crippen molar-refractivity contribution in [2.24, 2.45) is 5.73 Å².